The van der Waals surface area contributed by atoms with Crippen LogP contribution in [0.2, 0.25) is 0 Å². The molecule has 0 unspecified atom stereocenters. The first kappa shape index (κ1) is 13.2. The van der Waals surface area contributed by atoms with Gasteiger partial charge in [0.25, 0.3) is 0 Å². The summed E-state index contributed by atoms with van der Waals surface area (Å²) in [6.07, 6.45) is 0.614. The highest BCUT2D eigenvalue weighted by Crippen LogP contribution is 2.04. The van der Waals surface area contributed by atoms with Gasteiger partial charge in [0.15, 0.2) is 5.78 Å². The maximum absolute atomic E-state index is 11.7. The molecule has 0 spiro atoms. The average molecular weight is 235 g/mol. The van der Waals surface area contributed by atoms with E-state index in [4.69, 9.17) is 4.74 Å². The van der Waals surface area contributed by atoms with Crippen molar-refractivity contribution in [1.82, 2.24) is 5.32 Å². The van der Waals surface area contributed by atoms with Gasteiger partial charge in [0.2, 0.25) is 0 Å². The Morgan fingerprint density at radius 2 is 1.94 bits per heavy atom. The van der Waals surface area contributed by atoms with E-state index < -0.39 is 6.09 Å². The quantitative estimate of drug-likeness (QED) is 0.608. The second-order valence-corrected chi connectivity index (χ2v) is 3.54. The maximum Gasteiger partial charge on any atom is 0.407 e. The minimum Gasteiger partial charge on any atom is -0.450 e. The number of alkyl carbamates (subject to hydrolysis) is 1. The molecule has 1 N–H and O–H groups in total. The highest BCUT2D eigenvalue weighted by Gasteiger charge is 2.05. The molecule has 4 nitrogen and oxygen atoms in total. The summed E-state index contributed by atoms with van der Waals surface area (Å²) in [5, 5.41) is 2.58. The van der Waals surface area contributed by atoms with E-state index in [1.165, 1.54) is 0 Å². The Morgan fingerprint density at radius 1 is 1.24 bits per heavy atom. The molecule has 4 heteroatoms. The van der Waals surface area contributed by atoms with Crippen LogP contribution in [0.3, 0.4) is 0 Å². The van der Waals surface area contributed by atoms with Crippen LogP contribution in [0.25, 0.3) is 0 Å². The zero-order valence-electron chi connectivity index (χ0n) is 9.94. The Bertz CT molecular complexity index is 362. The van der Waals surface area contributed by atoms with Crippen molar-refractivity contribution in [2.75, 3.05) is 13.2 Å². The first-order chi connectivity index (χ1) is 8.24. The summed E-state index contributed by atoms with van der Waals surface area (Å²) in [6.45, 7) is 2.56. The van der Waals surface area contributed by atoms with Crippen molar-refractivity contribution in [2.24, 2.45) is 0 Å². The summed E-state index contributed by atoms with van der Waals surface area (Å²) < 4.78 is 4.70. The summed E-state index contributed by atoms with van der Waals surface area (Å²) in [5.74, 6) is 0.0938. The Kier molecular flexibility index (Phi) is 5.79. The third-order valence-electron chi connectivity index (χ3n) is 2.22. The summed E-state index contributed by atoms with van der Waals surface area (Å²) in [5.41, 5.74) is 0.712. The van der Waals surface area contributed by atoms with Gasteiger partial charge in [-0.15, -0.1) is 0 Å². The number of Topliss-reactive ketones (excluding diaryl/α,β-unsaturated/α-hetero) is 1. The van der Waals surface area contributed by atoms with Crippen LogP contribution in [-0.2, 0) is 4.74 Å². The van der Waals surface area contributed by atoms with Crippen LogP contribution in [0.5, 0.6) is 0 Å². The average Bonchev–Trinajstić information content (AvgIpc) is 2.36. The van der Waals surface area contributed by atoms with Crippen molar-refractivity contribution < 1.29 is 14.3 Å². The molecule has 1 rings (SSSR count). The molecule has 0 aliphatic rings. The molecule has 17 heavy (non-hydrogen) atoms. The lowest BCUT2D eigenvalue weighted by Gasteiger charge is -2.04. The molecule has 0 aromatic heterocycles. The van der Waals surface area contributed by atoms with Crippen LogP contribution < -0.4 is 5.32 Å². The van der Waals surface area contributed by atoms with E-state index in [9.17, 15) is 9.59 Å². The lowest BCUT2D eigenvalue weighted by molar-refractivity contribution is 0.0978. The van der Waals surface area contributed by atoms with Gasteiger partial charge in [-0.2, -0.15) is 0 Å². The van der Waals surface area contributed by atoms with E-state index in [2.05, 4.69) is 5.32 Å². The monoisotopic (exact) mass is 235 g/mol. The predicted octanol–water partition coefficient (Wildman–Crippen LogP) is 2.40. The third kappa shape index (κ3) is 5.15. The minimum atomic E-state index is -0.431. The number of hydrogen-bond donors (Lipinski definition) is 1. The molecule has 1 aromatic rings. The predicted molar refractivity (Wildman–Crippen MR) is 65.0 cm³/mol. The zero-order chi connectivity index (χ0) is 12.5. The van der Waals surface area contributed by atoms with Gasteiger partial charge >= 0.3 is 6.09 Å². The minimum absolute atomic E-state index is 0.0938. The van der Waals surface area contributed by atoms with E-state index >= 15 is 0 Å². The van der Waals surface area contributed by atoms with E-state index in [0.29, 0.717) is 31.6 Å². The van der Waals surface area contributed by atoms with Gasteiger partial charge in [-0.1, -0.05) is 30.3 Å². The number of carbonyl (C=O) groups is 2. The smallest absolute Gasteiger partial charge is 0.407 e. The topological polar surface area (TPSA) is 55.4 Å². The van der Waals surface area contributed by atoms with Crippen molar-refractivity contribution in [3.05, 3.63) is 35.9 Å². The van der Waals surface area contributed by atoms with E-state index in [1.807, 2.05) is 18.2 Å². The Balaban J connectivity index is 2.19. The number of benzene rings is 1. The molecule has 92 valence electrons. The zero-order valence-corrected chi connectivity index (χ0v) is 9.94. The molecule has 0 bridgehead atoms. The van der Waals surface area contributed by atoms with Crippen LogP contribution in [0.4, 0.5) is 4.79 Å². The number of ketones is 1. The van der Waals surface area contributed by atoms with Gasteiger partial charge in [0, 0.05) is 18.5 Å². The van der Waals surface area contributed by atoms with E-state index in [-0.39, 0.29) is 5.78 Å². The van der Waals surface area contributed by atoms with Crippen molar-refractivity contribution in [3.63, 3.8) is 0 Å². The lowest BCUT2D eigenvalue weighted by atomic mass is 10.1. The molecule has 1 amide bonds. The molecule has 0 radical (unpaired) electrons. The molecule has 0 fully saturated rings. The Labute approximate surface area is 101 Å². The van der Waals surface area contributed by atoms with Crippen molar-refractivity contribution in [1.29, 1.82) is 0 Å². The molecule has 0 aliphatic carbocycles. The number of rotatable bonds is 6. The van der Waals surface area contributed by atoms with Crippen LogP contribution in [0.15, 0.2) is 30.3 Å². The van der Waals surface area contributed by atoms with Crippen LogP contribution in [-0.4, -0.2) is 25.0 Å². The number of hydrogen-bond acceptors (Lipinski definition) is 3. The number of amides is 1. The fourth-order valence-corrected chi connectivity index (χ4v) is 1.39. The summed E-state index contributed by atoms with van der Waals surface area (Å²) >= 11 is 0. The van der Waals surface area contributed by atoms with Crippen LogP contribution in [0, 0.1) is 0 Å². The van der Waals surface area contributed by atoms with Crippen LogP contribution in [0.1, 0.15) is 30.1 Å². The molecule has 0 atom stereocenters. The normalized spacial score (nSPS) is 9.71. The summed E-state index contributed by atoms with van der Waals surface area (Å²) in [6, 6.07) is 9.13. The fourth-order valence-electron chi connectivity index (χ4n) is 1.39. The largest absolute Gasteiger partial charge is 0.450 e. The third-order valence-corrected chi connectivity index (χ3v) is 2.22. The van der Waals surface area contributed by atoms with Crippen LogP contribution >= 0.6 is 0 Å². The summed E-state index contributed by atoms with van der Waals surface area (Å²) in [4.78, 5) is 22.6. The fraction of sp³-hybridized carbons (Fsp3) is 0.385. The second kappa shape index (κ2) is 7.44. The highest BCUT2D eigenvalue weighted by atomic mass is 16.5. The molecule has 0 saturated heterocycles. The Hall–Kier alpha value is -1.84. The van der Waals surface area contributed by atoms with Gasteiger partial charge in [0.1, 0.15) is 0 Å². The number of carbonyl (C=O) groups excluding carboxylic acids is 2. The van der Waals surface area contributed by atoms with E-state index in [0.717, 1.165) is 0 Å². The first-order valence-corrected chi connectivity index (χ1v) is 5.73. The SMILES string of the molecule is CCOC(=O)NCCCC(=O)c1ccccc1. The van der Waals surface area contributed by atoms with Crippen molar-refractivity contribution in [3.8, 4) is 0 Å². The standard InChI is InChI=1S/C13H17NO3/c1-2-17-13(16)14-10-6-9-12(15)11-7-4-3-5-8-11/h3-5,7-8H,2,6,9-10H2,1H3,(H,14,16). The molecule has 0 aliphatic heterocycles. The maximum atomic E-state index is 11.7. The van der Waals surface area contributed by atoms with Gasteiger partial charge in [-0.3, -0.25) is 4.79 Å². The lowest BCUT2D eigenvalue weighted by Crippen LogP contribution is -2.25. The molecular formula is C13H17NO3. The first-order valence-electron chi connectivity index (χ1n) is 5.73. The van der Waals surface area contributed by atoms with Crippen molar-refractivity contribution >= 4 is 11.9 Å². The van der Waals surface area contributed by atoms with Gasteiger partial charge < -0.3 is 10.1 Å². The summed E-state index contributed by atoms with van der Waals surface area (Å²) in [7, 11) is 0. The van der Waals surface area contributed by atoms with Gasteiger partial charge in [0.05, 0.1) is 6.61 Å². The Morgan fingerprint density at radius 3 is 2.59 bits per heavy atom. The number of ether oxygens (including phenoxy) is 1. The van der Waals surface area contributed by atoms with E-state index in [1.54, 1.807) is 19.1 Å². The second-order valence-electron chi connectivity index (χ2n) is 3.54. The highest BCUT2D eigenvalue weighted by molar-refractivity contribution is 5.95. The molecule has 0 heterocycles. The molecule has 0 saturated carbocycles. The van der Waals surface area contributed by atoms with Gasteiger partial charge in [-0.25, -0.2) is 4.79 Å². The molecular weight excluding hydrogens is 218 g/mol. The number of nitrogens with one attached hydrogen (secondary N) is 1. The molecule has 1 aromatic carbocycles. The van der Waals surface area contributed by atoms with Gasteiger partial charge in [-0.05, 0) is 13.3 Å². The van der Waals surface area contributed by atoms with Crippen molar-refractivity contribution in [2.45, 2.75) is 19.8 Å².